The third-order valence-electron chi connectivity index (χ3n) is 17.9. The Morgan fingerprint density at radius 3 is 2.27 bits per heavy atom. The Labute approximate surface area is 469 Å². The lowest BCUT2D eigenvalue weighted by Gasteiger charge is -2.51. The van der Waals surface area contributed by atoms with Crippen molar-refractivity contribution in [3.05, 3.63) is 59.7 Å². The summed E-state index contributed by atoms with van der Waals surface area (Å²) in [4.78, 5) is 28.4. The van der Waals surface area contributed by atoms with E-state index in [1.807, 2.05) is 32.1 Å². The number of Topliss-reactive ketones (excluding diaryl/α,β-unsaturated/α-hetero) is 1. The van der Waals surface area contributed by atoms with E-state index in [2.05, 4.69) is 13.2 Å². The highest BCUT2D eigenvalue weighted by molar-refractivity contribution is 6.30. The molecule has 7 fully saturated rings. The summed E-state index contributed by atoms with van der Waals surface area (Å²) in [5, 5.41) is 93.4. The van der Waals surface area contributed by atoms with E-state index in [1.54, 1.807) is 27.9 Å². The van der Waals surface area contributed by atoms with Crippen LogP contribution in [0.5, 0.6) is 0 Å². The normalized spacial score (nSPS) is 48.3. The van der Waals surface area contributed by atoms with Gasteiger partial charge in [-0.25, -0.2) is 0 Å². The first-order valence-electron chi connectivity index (χ1n) is 28.7. The number of carbonyl (C=O) groups is 2. The molecule has 2 spiro atoms. The number of ether oxygens (including phenoxy) is 9. The van der Waals surface area contributed by atoms with Crippen molar-refractivity contribution in [3.63, 3.8) is 0 Å². The van der Waals surface area contributed by atoms with Crippen molar-refractivity contribution in [2.75, 3.05) is 13.7 Å². The molecular weight excluding hydrogens is 1050 g/mol. The lowest BCUT2D eigenvalue weighted by atomic mass is 9.78. The molecule has 8 aliphatic rings. The minimum absolute atomic E-state index is 0.00429. The predicted molar refractivity (Wildman–Crippen MR) is 287 cm³/mol. The molecule has 8 aliphatic heterocycles. The van der Waals surface area contributed by atoms with Crippen molar-refractivity contribution >= 4 is 23.4 Å². The third kappa shape index (κ3) is 15.3. The number of hydrogen-bond donors (Lipinski definition) is 8. The van der Waals surface area contributed by atoms with E-state index in [1.165, 1.54) is 12.2 Å². The zero-order valence-corrected chi connectivity index (χ0v) is 47.6. The van der Waals surface area contributed by atoms with Gasteiger partial charge in [0.2, 0.25) is 0 Å². The van der Waals surface area contributed by atoms with Gasteiger partial charge in [0.1, 0.15) is 24.1 Å². The number of esters is 1. The predicted octanol–water partition coefficient (Wildman–Crippen LogP) is 4.79. The maximum atomic E-state index is 14.2. The summed E-state index contributed by atoms with van der Waals surface area (Å²) >= 11 is 5.88. The largest absolute Gasteiger partial charge is 0.459 e. The third-order valence-corrected chi connectivity index (χ3v) is 18.1. The van der Waals surface area contributed by atoms with Gasteiger partial charge in [-0.05, 0) is 50.7 Å². The Morgan fingerprint density at radius 1 is 0.835 bits per heavy atom. The standard InChI is InChI=1S/C59H89ClO19/c1-31(16-38(61)15-14-32(2)60)17-49-51(67)53-36(6)54(73-49)55(68)59(70)28-47(65)34(4)48(79-59)13-11-9-10-12-41-19-39(62)24-57(75-41)27-44(71-8)21-43(76-57)22-46(64)35(5)52-33(3)37(29-72-52)18-45-26-56(7,69)30-58(78-45)25-40(63)20-42(77-58)23-50(66)74-53/h10,12,14-15,18,33-36,38-45,47-49,51-55,61-63,65,67-70H,1-2,9,11,13,16-17,19-30H2,3-8H3/b12-10-,15-14+,37-18-/t33-,34-,35+,36+,38?,39+,40+,41+,42-,43+,44+,45+,47+,48-,49+,51+,52+,53+,54+,55-,56+,57+,58-,59-/m0/s1. The number of fused-ring (bicyclic) bond motifs is 10. The summed E-state index contributed by atoms with van der Waals surface area (Å²) in [6.45, 7) is 16.8. The monoisotopic (exact) mass is 1140 g/mol. The maximum Gasteiger partial charge on any atom is 0.308 e. The van der Waals surface area contributed by atoms with Gasteiger partial charge in [-0.3, -0.25) is 9.59 Å². The van der Waals surface area contributed by atoms with Crippen LogP contribution in [0.1, 0.15) is 137 Å². The number of halogens is 1. The van der Waals surface area contributed by atoms with Crippen molar-refractivity contribution in [1.29, 1.82) is 0 Å². The fourth-order valence-corrected chi connectivity index (χ4v) is 14.0. The van der Waals surface area contributed by atoms with E-state index in [0.717, 1.165) is 5.57 Å². The Kier molecular flexibility index (Phi) is 20.4. The van der Waals surface area contributed by atoms with Crippen LogP contribution in [0.25, 0.3) is 0 Å². The Hall–Kier alpha value is -2.51. The molecule has 0 aromatic carbocycles. The molecule has 8 heterocycles. The zero-order chi connectivity index (χ0) is 57.4. The molecular formula is C59H89ClO19. The van der Waals surface area contributed by atoms with Gasteiger partial charge in [0.25, 0.3) is 0 Å². The zero-order valence-electron chi connectivity index (χ0n) is 46.8. The summed E-state index contributed by atoms with van der Waals surface area (Å²) in [5.74, 6) is -8.17. The Balaban J connectivity index is 1.08. The van der Waals surface area contributed by atoms with Gasteiger partial charge in [0, 0.05) is 100 Å². The van der Waals surface area contributed by atoms with Crippen LogP contribution < -0.4 is 0 Å². The Bertz CT molecular complexity index is 2240. The molecule has 24 atom stereocenters. The number of methoxy groups -OCH3 is 1. The lowest BCUT2D eigenvalue weighted by molar-refractivity contribution is -0.350. The number of hydrogen-bond acceptors (Lipinski definition) is 19. The average Bonchev–Trinajstić information content (AvgIpc) is 3.82. The molecule has 0 amide bonds. The van der Waals surface area contributed by atoms with Gasteiger partial charge in [-0.15, -0.1) is 0 Å². The fourth-order valence-electron chi connectivity index (χ4n) is 13.9. The number of aliphatic hydroxyl groups excluding tert-OH is 6. The van der Waals surface area contributed by atoms with E-state index >= 15 is 0 Å². The SMILES string of the molecule is C=C(Cl)/C=C/C(O)CC(=C)C[C@H]1O[C@@H]2[C@H](C)[C@@H](OC(=O)C[C@@H]3C[C@@H](O)C[C@]4(C[C@](C)(O)C[C@@H](/C=C5/CO[C@@H]([C@H](C)C(=O)C[C@H]6C[C@@H](OC)C[C@@]7(C[C@H](O)C[C@@H](/C=C\CCC[C@@H]8O[C@@](O)(C[C@@H](O)[C@@H]8C)[C@H]2O)O7)O6)[C@H]5C)O4)O3)[C@@H]1O. The minimum Gasteiger partial charge on any atom is -0.459 e. The maximum absolute atomic E-state index is 14.2. The molecule has 7 saturated heterocycles. The molecule has 0 aliphatic carbocycles. The van der Waals surface area contributed by atoms with Crippen LogP contribution in [0.3, 0.4) is 0 Å². The van der Waals surface area contributed by atoms with E-state index in [0.29, 0.717) is 44.1 Å². The molecule has 19 nitrogen and oxygen atoms in total. The summed E-state index contributed by atoms with van der Waals surface area (Å²) in [5.41, 5.74) is -0.0333. The van der Waals surface area contributed by atoms with E-state index in [-0.39, 0.29) is 87.2 Å². The second-order valence-electron chi connectivity index (χ2n) is 24.9. The second-order valence-corrected chi connectivity index (χ2v) is 25.3. The fraction of sp³-hybridized carbons (Fsp3) is 0.797. The molecule has 12 bridgehead atoms. The first-order chi connectivity index (χ1) is 37.2. The molecule has 20 heteroatoms. The van der Waals surface area contributed by atoms with Gasteiger partial charge in [0.05, 0.1) is 98.0 Å². The summed E-state index contributed by atoms with van der Waals surface area (Å²) in [7, 11) is 1.61. The van der Waals surface area contributed by atoms with Crippen LogP contribution in [-0.4, -0.2) is 187 Å². The van der Waals surface area contributed by atoms with Gasteiger partial charge >= 0.3 is 5.97 Å². The van der Waals surface area contributed by atoms with Gasteiger partial charge < -0.3 is 83.5 Å². The number of ketones is 1. The number of aliphatic hydroxyl groups is 8. The molecule has 1 unspecified atom stereocenters. The van der Waals surface area contributed by atoms with E-state index < -0.39 is 145 Å². The van der Waals surface area contributed by atoms with Crippen molar-refractivity contribution in [2.45, 2.75) is 258 Å². The van der Waals surface area contributed by atoms with Crippen LogP contribution in [0.2, 0.25) is 0 Å². The summed E-state index contributed by atoms with van der Waals surface area (Å²) < 4.78 is 57.8. The smallest absolute Gasteiger partial charge is 0.308 e. The van der Waals surface area contributed by atoms with E-state index in [4.69, 9.17) is 54.2 Å². The number of carbonyl (C=O) groups excluding carboxylic acids is 2. The topological polar surface area (TPSA) is 279 Å². The molecule has 0 aromatic rings. The second kappa shape index (κ2) is 25.8. The first kappa shape index (κ1) is 62.5. The van der Waals surface area contributed by atoms with Crippen LogP contribution >= 0.6 is 11.6 Å². The van der Waals surface area contributed by atoms with E-state index in [9.17, 15) is 50.4 Å². The van der Waals surface area contributed by atoms with Gasteiger partial charge in [-0.1, -0.05) is 82.3 Å². The summed E-state index contributed by atoms with van der Waals surface area (Å²) in [6.07, 6.45) is -4.63. The molecule has 8 N–H and O–H groups in total. The highest BCUT2D eigenvalue weighted by atomic mass is 35.5. The van der Waals surface area contributed by atoms with Crippen molar-refractivity contribution in [2.24, 2.45) is 23.7 Å². The molecule has 79 heavy (non-hydrogen) atoms. The minimum atomic E-state index is -2.37. The molecule has 446 valence electrons. The average molecular weight is 1140 g/mol. The van der Waals surface area contributed by atoms with Gasteiger partial charge in [-0.2, -0.15) is 0 Å². The van der Waals surface area contributed by atoms with Crippen LogP contribution in [0, 0.1) is 23.7 Å². The van der Waals surface area contributed by atoms with Crippen molar-refractivity contribution in [1.82, 2.24) is 0 Å². The van der Waals surface area contributed by atoms with Crippen LogP contribution in [0.4, 0.5) is 0 Å². The summed E-state index contributed by atoms with van der Waals surface area (Å²) in [6, 6.07) is 0. The molecule has 0 radical (unpaired) electrons. The highest BCUT2D eigenvalue weighted by Gasteiger charge is 2.58. The van der Waals surface area contributed by atoms with Crippen LogP contribution in [-0.2, 0) is 52.2 Å². The Morgan fingerprint density at radius 2 is 1.53 bits per heavy atom. The van der Waals surface area contributed by atoms with Crippen LogP contribution in [0.15, 0.2) is 59.7 Å². The van der Waals surface area contributed by atoms with Crippen molar-refractivity contribution in [3.8, 4) is 0 Å². The quantitative estimate of drug-likeness (QED) is 0.0967. The first-order valence-corrected chi connectivity index (χ1v) is 29.1. The molecule has 0 saturated carbocycles. The number of rotatable bonds is 7. The molecule has 8 rings (SSSR count). The number of allylic oxidation sites excluding steroid dienone is 3. The lowest BCUT2D eigenvalue weighted by Crippen LogP contribution is -2.65. The van der Waals surface area contributed by atoms with Gasteiger partial charge in [0.15, 0.2) is 17.4 Å². The highest BCUT2D eigenvalue weighted by Crippen LogP contribution is 2.47. The molecule has 0 aromatic heterocycles. The van der Waals surface area contributed by atoms with Crippen molar-refractivity contribution < 1.29 is 93.1 Å².